The van der Waals surface area contributed by atoms with Crippen LogP contribution in [-0.4, -0.2) is 33.9 Å². The number of hydrogen-bond donors (Lipinski definition) is 1. The maximum Gasteiger partial charge on any atom is 0.333 e. The first-order chi connectivity index (χ1) is 12.1. The van der Waals surface area contributed by atoms with Gasteiger partial charge < -0.3 is 24.3 Å². The van der Waals surface area contributed by atoms with E-state index in [1.54, 1.807) is 40.4 Å². The second kappa shape index (κ2) is 8.82. The maximum absolute atomic E-state index is 12.4. The molecule has 2 rings (SSSR count). The van der Waals surface area contributed by atoms with Crippen molar-refractivity contribution in [3.63, 3.8) is 0 Å². The molecule has 0 radical (unpaired) electrons. The fraction of sp³-hybridized carbons (Fsp3) is 0.316. The molecule has 0 bridgehead atoms. The number of carbonyl (C=O) groups excluding carboxylic acids is 1. The summed E-state index contributed by atoms with van der Waals surface area (Å²) in [5.41, 5.74) is 1.45. The minimum atomic E-state index is -0.649. The van der Waals surface area contributed by atoms with E-state index in [1.165, 1.54) is 0 Å². The van der Waals surface area contributed by atoms with Crippen molar-refractivity contribution in [2.45, 2.75) is 13.0 Å². The van der Waals surface area contributed by atoms with Crippen LogP contribution in [0.3, 0.4) is 0 Å². The first-order valence-corrected chi connectivity index (χ1v) is 7.92. The zero-order chi connectivity index (χ0) is 18.2. The lowest BCUT2D eigenvalue weighted by molar-refractivity contribution is -0.144. The zero-order valence-corrected chi connectivity index (χ0v) is 14.9. The van der Waals surface area contributed by atoms with Gasteiger partial charge in [0.2, 0.25) is 5.75 Å². The molecule has 0 aliphatic heterocycles. The topological polar surface area (TPSA) is 66.0 Å². The molecule has 1 atom stereocenters. The van der Waals surface area contributed by atoms with Crippen LogP contribution >= 0.6 is 0 Å². The van der Waals surface area contributed by atoms with E-state index in [9.17, 15) is 4.79 Å². The van der Waals surface area contributed by atoms with Crippen molar-refractivity contribution in [2.75, 3.05) is 33.3 Å². The van der Waals surface area contributed by atoms with Crippen LogP contribution in [0.15, 0.2) is 42.5 Å². The minimum absolute atomic E-state index is 0.305. The summed E-state index contributed by atoms with van der Waals surface area (Å²) in [4.78, 5) is 12.4. The molecule has 0 amide bonds. The first kappa shape index (κ1) is 18.4. The van der Waals surface area contributed by atoms with Gasteiger partial charge in [-0.3, -0.25) is 0 Å². The molecule has 0 saturated carbocycles. The fourth-order valence-corrected chi connectivity index (χ4v) is 2.48. The van der Waals surface area contributed by atoms with Crippen LogP contribution in [0.25, 0.3) is 0 Å². The van der Waals surface area contributed by atoms with Gasteiger partial charge in [-0.15, -0.1) is 0 Å². The molecule has 0 fully saturated rings. The van der Waals surface area contributed by atoms with Crippen molar-refractivity contribution in [3.05, 3.63) is 48.0 Å². The van der Waals surface area contributed by atoms with Crippen LogP contribution in [-0.2, 0) is 9.53 Å². The molecule has 0 heterocycles. The predicted molar refractivity (Wildman–Crippen MR) is 95.5 cm³/mol. The molecule has 0 unspecified atom stereocenters. The van der Waals surface area contributed by atoms with E-state index in [1.807, 2.05) is 30.3 Å². The third-order valence-electron chi connectivity index (χ3n) is 3.63. The van der Waals surface area contributed by atoms with E-state index in [0.717, 1.165) is 5.56 Å². The van der Waals surface area contributed by atoms with Crippen LogP contribution in [0.2, 0.25) is 0 Å². The van der Waals surface area contributed by atoms with E-state index in [0.29, 0.717) is 29.5 Å². The van der Waals surface area contributed by atoms with Crippen molar-refractivity contribution in [1.82, 2.24) is 0 Å². The highest BCUT2D eigenvalue weighted by Gasteiger charge is 2.23. The molecule has 0 spiro atoms. The second-order valence-electron chi connectivity index (χ2n) is 5.15. The van der Waals surface area contributed by atoms with Gasteiger partial charge in [0, 0.05) is 17.8 Å². The van der Waals surface area contributed by atoms with Gasteiger partial charge in [-0.25, -0.2) is 4.79 Å². The Kier molecular flexibility index (Phi) is 6.51. The number of rotatable bonds is 8. The van der Waals surface area contributed by atoms with Gasteiger partial charge in [0.25, 0.3) is 0 Å². The number of nitrogens with one attached hydrogen (secondary N) is 1. The number of methoxy groups -OCH3 is 3. The average Bonchev–Trinajstić information content (AvgIpc) is 2.65. The molecule has 6 nitrogen and oxygen atoms in total. The van der Waals surface area contributed by atoms with Gasteiger partial charge in [0.15, 0.2) is 17.5 Å². The minimum Gasteiger partial charge on any atom is -0.493 e. The summed E-state index contributed by atoms with van der Waals surface area (Å²) < 4.78 is 21.2. The molecule has 134 valence electrons. The van der Waals surface area contributed by atoms with Crippen LogP contribution in [0.5, 0.6) is 17.2 Å². The van der Waals surface area contributed by atoms with Crippen LogP contribution in [0, 0.1) is 0 Å². The molecule has 0 aliphatic rings. The SMILES string of the molecule is CCOC(=O)[C@H](Nc1cc(OC)c(OC)c(OC)c1)c1ccccc1. The van der Waals surface area contributed by atoms with Crippen molar-refractivity contribution in [1.29, 1.82) is 0 Å². The summed E-state index contributed by atoms with van der Waals surface area (Å²) in [7, 11) is 4.63. The zero-order valence-electron chi connectivity index (χ0n) is 14.9. The van der Waals surface area contributed by atoms with E-state index in [2.05, 4.69) is 5.32 Å². The van der Waals surface area contributed by atoms with Gasteiger partial charge in [-0.05, 0) is 12.5 Å². The lowest BCUT2D eigenvalue weighted by atomic mass is 10.1. The highest BCUT2D eigenvalue weighted by Crippen LogP contribution is 2.40. The Labute approximate surface area is 147 Å². The number of benzene rings is 2. The molecular formula is C19H23NO5. The van der Waals surface area contributed by atoms with Crippen molar-refractivity contribution in [2.24, 2.45) is 0 Å². The molecule has 1 N–H and O–H groups in total. The summed E-state index contributed by atoms with van der Waals surface area (Å²) >= 11 is 0. The number of esters is 1. The van der Waals surface area contributed by atoms with Gasteiger partial charge in [0.05, 0.1) is 27.9 Å². The fourth-order valence-electron chi connectivity index (χ4n) is 2.48. The maximum atomic E-state index is 12.4. The highest BCUT2D eigenvalue weighted by molar-refractivity contribution is 5.81. The largest absolute Gasteiger partial charge is 0.493 e. The summed E-state index contributed by atoms with van der Waals surface area (Å²) in [6, 6.07) is 12.2. The Morgan fingerprint density at radius 1 is 1.00 bits per heavy atom. The van der Waals surface area contributed by atoms with E-state index in [-0.39, 0.29) is 5.97 Å². The molecule has 6 heteroatoms. The number of hydrogen-bond acceptors (Lipinski definition) is 6. The smallest absolute Gasteiger partial charge is 0.333 e. The second-order valence-corrected chi connectivity index (χ2v) is 5.15. The lowest BCUT2D eigenvalue weighted by Crippen LogP contribution is -2.23. The molecule has 25 heavy (non-hydrogen) atoms. The third-order valence-corrected chi connectivity index (χ3v) is 3.63. The van der Waals surface area contributed by atoms with E-state index < -0.39 is 6.04 Å². The number of carbonyl (C=O) groups is 1. The Balaban J connectivity index is 2.40. The lowest BCUT2D eigenvalue weighted by Gasteiger charge is -2.20. The van der Waals surface area contributed by atoms with Crippen LogP contribution in [0.1, 0.15) is 18.5 Å². The third kappa shape index (κ3) is 4.35. The van der Waals surface area contributed by atoms with Gasteiger partial charge in [-0.2, -0.15) is 0 Å². The standard InChI is InChI=1S/C19H23NO5/c1-5-25-19(21)17(13-9-7-6-8-10-13)20-14-11-15(22-2)18(24-4)16(12-14)23-3/h6-12,17,20H,5H2,1-4H3/t17-/m1/s1. The summed E-state index contributed by atoms with van der Waals surface area (Å²) in [6.07, 6.45) is 0. The quantitative estimate of drug-likeness (QED) is 0.740. The molecule has 0 saturated heterocycles. The number of anilines is 1. The van der Waals surface area contributed by atoms with E-state index >= 15 is 0 Å². The summed E-state index contributed by atoms with van der Waals surface area (Å²) in [5, 5.41) is 3.19. The Hall–Kier alpha value is -2.89. The summed E-state index contributed by atoms with van der Waals surface area (Å²) in [6.45, 7) is 2.08. The molecule has 2 aromatic rings. The Bertz CT molecular complexity index is 677. The predicted octanol–water partition coefficient (Wildman–Crippen LogP) is 3.43. The highest BCUT2D eigenvalue weighted by atomic mass is 16.5. The van der Waals surface area contributed by atoms with Crippen molar-refractivity contribution >= 4 is 11.7 Å². The first-order valence-electron chi connectivity index (χ1n) is 7.92. The van der Waals surface area contributed by atoms with Crippen LogP contribution in [0.4, 0.5) is 5.69 Å². The van der Waals surface area contributed by atoms with Crippen LogP contribution < -0.4 is 19.5 Å². The Morgan fingerprint density at radius 3 is 2.08 bits per heavy atom. The molecule has 0 aromatic heterocycles. The average molecular weight is 345 g/mol. The van der Waals surface area contributed by atoms with Gasteiger partial charge in [-0.1, -0.05) is 30.3 Å². The van der Waals surface area contributed by atoms with E-state index in [4.69, 9.17) is 18.9 Å². The molecule has 2 aromatic carbocycles. The normalized spacial score (nSPS) is 11.4. The summed E-state index contributed by atoms with van der Waals surface area (Å²) in [5.74, 6) is 1.13. The monoisotopic (exact) mass is 345 g/mol. The Morgan fingerprint density at radius 2 is 1.60 bits per heavy atom. The molecular weight excluding hydrogens is 322 g/mol. The molecule has 0 aliphatic carbocycles. The van der Waals surface area contributed by atoms with Crippen molar-refractivity contribution in [3.8, 4) is 17.2 Å². The van der Waals surface area contributed by atoms with Gasteiger partial charge >= 0.3 is 5.97 Å². The van der Waals surface area contributed by atoms with Gasteiger partial charge in [0.1, 0.15) is 0 Å². The number of ether oxygens (including phenoxy) is 4. The van der Waals surface area contributed by atoms with Crippen molar-refractivity contribution < 1.29 is 23.7 Å².